The fourth-order valence-electron chi connectivity index (χ4n) is 3.12. The zero-order chi connectivity index (χ0) is 18.4. The first-order chi connectivity index (χ1) is 12.5. The molecule has 26 heavy (non-hydrogen) atoms. The van der Waals surface area contributed by atoms with Crippen molar-refractivity contribution in [1.29, 1.82) is 0 Å². The van der Waals surface area contributed by atoms with Crippen LogP contribution in [0.3, 0.4) is 0 Å². The van der Waals surface area contributed by atoms with Crippen LogP contribution in [0.4, 0.5) is 4.39 Å². The Morgan fingerprint density at radius 1 is 1.19 bits per heavy atom. The van der Waals surface area contributed by atoms with Gasteiger partial charge in [-0.2, -0.15) is 4.39 Å². The van der Waals surface area contributed by atoms with Crippen molar-refractivity contribution >= 4 is 10.8 Å². The SMILES string of the molecule is Cc1c(-c2ccc3c(O)n(C(C)C)cc3c2)nnn1-c1cccnc1F. The normalized spacial score (nSPS) is 11.6. The summed E-state index contributed by atoms with van der Waals surface area (Å²) < 4.78 is 17.2. The molecular weight excluding hydrogens is 333 g/mol. The van der Waals surface area contributed by atoms with Crippen molar-refractivity contribution in [3.8, 4) is 22.8 Å². The second kappa shape index (κ2) is 5.94. The van der Waals surface area contributed by atoms with Crippen molar-refractivity contribution < 1.29 is 9.50 Å². The van der Waals surface area contributed by atoms with Gasteiger partial charge in [-0.15, -0.1) is 5.10 Å². The van der Waals surface area contributed by atoms with Gasteiger partial charge in [0.05, 0.1) is 5.69 Å². The van der Waals surface area contributed by atoms with Gasteiger partial charge in [0.2, 0.25) is 5.95 Å². The van der Waals surface area contributed by atoms with Gasteiger partial charge in [-0.1, -0.05) is 11.3 Å². The van der Waals surface area contributed by atoms with Crippen LogP contribution in [0.2, 0.25) is 0 Å². The smallest absolute Gasteiger partial charge is 0.238 e. The van der Waals surface area contributed by atoms with Crippen LogP contribution in [0.5, 0.6) is 5.88 Å². The number of benzene rings is 1. The van der Waals surface area contributed by atoms with Gasteiger partial charge in [-0.25, -0.2) is 9.67 Å². The van der Waals surface area contributed by atoms with Crippen LogP contribution >= 0.6 is 0 Å². The summed E-state index contributed by atoms with van der Waals surface area (Å²) in [7, 11) is 0. The second-order valence-corrected chi connectivity index (χ2v) is 6.50. The first kappa shape index (κ1) is 16.3. The van der Waals surface area contributed by atoms with E-state index in [1.807, 2.05) is 49.7 Å². The molecule has 0 aliphatic rings. The number of fused-ring (bicyclic) bond motifs is 1. The van der Waals surface area contributed by atoms with Crippen LogP contribution in [-0.4, -0.2) is 29.7 Å². The molecular formula is C19H18FN5O. The number of hydrogen-bond acceptors (Lipinski definition) is 4. The summed E-state index contributed by atoms with van der Waals surface area (Å²) in [4.78, 5) is 3.66. The van der Waals surface area contributed by atoms with Gasteiger partial charge in [0, 0.05) is 34.8 Å². The summed E-state index contributed by atoms with van der Waals surface area (Å²) in [5.41, 5.74) is 2.48. The van der Waals surface area contributed by atoms with E-state index in [1.165, 1.54) is 10.9 Å². The van der Waals surface area contributed by atoms with Gasteiger partial charge < -0.3 is 9.67 Å². The first-order valence-electron chi connectivity index (χ1n) is 8.34. The average molecular weight is 351 g/mol. The topological polar surface area (TPSA) is 68.8 Å². The highest BCUT2D eigenvalue weighted by atomic mass is 19.1. The number of pyridine rings is 1. The Kier molecular flexibility index (Phi) is 3.72. The van der Waals surface area contributed by atoms with Crippen LogP contribution in [-0.2, 0) is 0 Å². The standard InChI is InChI=1S/C19H18FN5O/c1-11(2)24-10-14-9-13(6-7-15(14)19(24)26)17-12(3)25(23-22-17)16-5-4-8-21-18(16)20/h4-11,26H,1-3H3. The van der Waals surface area contributed by atoms with Gasteiger partial charge in [-0.3, -0.25) is 0 Å². The van der Waals surface area contributed by atoms with Crippen molar-refractivity contribution in [2.45, 2.75) is 26.8 Å². The molecule has 0 radical (unpaired) electrons. The molecule has 1 aromatic carbocycles. The number of aromatic hydroxyl groups is 1. The highest BCUT2D eigenvalue weighted by Crippen LogP contribution is 2.33. The molecule has 0 aliphatic carbocycles. The molecule has 0 atom stereocenters. The number of nitrogens with zero attached hydrogens (tertiary/aromatic N) is 5. The predicted octanol–water partition coefficient (Wildman–Crippen LogP) is 4.02. The van der Waals surface area contributed by atoms with Crippen LogP contribution in [0.25, 0.3) is 27.7 Å². The van der Waals surface area contributed by atoms with E-state index >= 15 is 0 Å². The Morgan fingerprint density at radius 3 is 2.73 bits per heavy atom. The van der Waals surface area contributed by atoms with E-state index in [9.17, 15) is 9.50 Å². The minimum atomic E-state index is -0.596. The summed E-state index contributed by atoms with van der Waals surface area (Å²) in [6.45, 7) is 5.86. The van der Waals surface area contributed by atoms with Crippen LogP contribution < -0.4 is 0 Å². The fourth-order valence-corrected chi connectivity index (χ4v) is 3.12. The number of halogens is 1. The lowest BCUT2D eigenvalue weighted by atomic mass is 10.1. The Labute approximate surface area is 149 Å². The third-order valence-electron chi connectivity index (χ3n) is 4.51. The molecule has 0 aliphatic heterocycles. The molecule has 4 aromatic rings. The van der Waals surface area contributed by atoms with Crippen molar-refractivity contribution in [2.75, 3.05) is 0 Å². The Hall–Kier alpha value is -3.22. The molecule has 0 saturated carbocycles. The van der Waals surface area contributed by atoms with E-state index in [1.54, 1.807) is 12.1 Å². The molecule has 7 heteroatoms. The molecule has 3 heterocycles. The van der Waals surface area contributed by atoms with E-state index in [0.717, 1.165) is 16.3 Å². The molecule has 3 aromatic heterocycles. The van der Waals surface area contributed by atoms with Gasteiger partial charge >= 0.3 is 0 Å². The van der Waals surface area contributed by atoms with Crippen molar-refractivity contribution in [1.82, 2.24) is 24.5 Å². The zero-order valence-electron chi connectivity index (χ0n) is 14.7. The van der Waals surface area contributed by atoms with Crippen molar-refractivity contribution in [3.63, 3.8) is 0 Å². The van der Waals surface area contributed by atoms with E-state index in [-0.39, 0.29) is 17.6 Å². The maximum atomic E-state index is 14.0. The number of hydrogen-bond donors (Lipinski definition) is 1. The Morgan fingerprint density at radius 2 is 2.00 bits per heavy atom. The molecule has 4 rings (SSSR count). The zero-order valence-corrected chi connectivity index (χ0v) is 14.7. The predicted molar refractivity (Wildman–Crippen MR) is 96.8 cm³/mol. The average Bonchev–Trinajstić information content (AvgIpc) is 3.16. The van der Waals surface area contributed by atoms with Gasteiger partial charge in [0.25, 0.3) is 0 Å². The summed E-state index contributed by atoms with van der Waals surface area (Å²) in [5, 5.41) is 20.3. The lowest BCUT2D eigenvalue weighted by molar-refractivity contribution is 0.405. The summed E-state index contributed by atoms with van der Waals surface area (Å²) in [5.74, 6) is -0.346. The van der Waals surface area contributed by atoms with Gasteiger partial charge in [0.15, 0.2) is 5.88 Å². The molecule has 0 spiro atoms. The third kappa shape index (κ3) is 2.44. The maximum absolute atomic E-state index is 14.0. The molecule has 0 amide bonds. The number of rotatable bonds is 3. The summed E-state index contributed by atoms with van der Waals surface area (Å²) in [6.07, 6.45) is 3.31. The van der Waals surface area contributed by atoms with E-state index in [4.69, 9.17) is 0 Å². The molecule has 0 unspecified atom stereocenters. The lowest BCUT2D eigenvalue weighted by Crippen LogP contribution is -2.03. The van der Waals surface area contributed by atoms with Gasteiger partial charge in [0.1, 0.15) is 11.4 Å². The third-order valence-corrected chi connectivity index (χ3v) is 4.51. The fraction of sp³-hybridized carbons (Fsp3) is 0.211. The molecule has 132 valence electrons. The molecule has 6 nitrogen and oxygen atoms in total. The van der Waals surface area contributed by atoms with Gasteiger partial charge in [-0.05, 0) is 45.0 Å². The molecule has 0 saturated heterocycles. The Balaban J connectivity index is 1.83. The Bertz CT molecular complexity index is 1110. The number of aromatic nitrogens is 5. The molecule has 0 fully saturated rings. The highest BCUT2D eigenvalue weighted by Gasteiger charge is 2.17. The van der Waals surface area contributed by atoms with Crippen LogP contribution in [0.1, 0.15) is 25.6 Å². The monoisotopic (exact) mass is 351 g/mol. The minimum absolute atomic E-state index is 0.155. The maximum Gasteiger partial charge on any atom is 0.238 e. The van der Waals surface area contributed by atoms with Crippen LogP contribution in [0.15, 0.2) is 42.7 Å². The van der Waals surface area contributed by atoms with E-state index in [2.05, 4.69) is 15.3 Å². The largest absolute Gasteiger partial charge is 0.494 e. The summed E-state index contributed by atoms with van der Waals surface area (Å²) in [6, 6.07) is 9.12. The van der Waals surface area contributed by atoms with Crippen molar-refractivity contribution in [3.05, 3.63) is 54.4 Å². The van der Waals surface area contributed by atoms with Crippen LogP contribution in [0, 0.1) is 12.9 Å². The molecule has 0 bridgehead atoms. The van der Waals surface area contributed by atoms with E-state index in [0.29, 0.717) is 11.4 Å². The van der Waals surface area contributed by atoms with Crippen molar-refractivity contribution in [2.24, 2.45) is 0 Å². The molecule has 1 N–H and O–H groups in total. The first-order valence-corrected chi connectivity index (χ1v) is 8.34. The lowest BCUT2D eigenvalue weighted by Gasteiger charge is -2.07. The quantitative estimate of drug-likeness (QED) is 0.566. The van der Waals surface area contributed by atoms with E-state index < -0.39 is 5.95 Å². The summed E-state index contributed by atoms with van der Waals surface area (Å²) >= 11 is 0. The second-order valence-electron chi connectivity index (χ2n) is 6.50. The highest BCUT2D eigenvalue weighted by molar-refractivity contribution is 5.91. The minimum Gasteiger partial charge on any atom is -0.494 e.